The molecule has 0 radical (unpaired) electrons. The first-order valence-electron chi connectivity index (χ1n) is 7.24. The van der Waals surface area contributed by atoms with E-state index >= 15 is 0 Å². The highest BCUT2D eigenvalue weighted by Crippen LogP contribution is 2.27. The highest BCUT2D eigenvalue weighted by atomic mass is 16.3. The molecule has 118 valence electrons. The maximum Gasteiger partial charge on any atom is 0.160 e. The number of aliphatic hydroxyl groups is 1. The van der Waals surface area contributed by atoms with Gasteiger partial charge in [-0.3, -0.25) is 0 Å². The first-order valence-corrected chi connectivity index (χ1v) is 7.24. The van der Waals surface area contributed by atoms with Crippen molar-refractivity contribution in [2.45, 2.75) is 19.4 Å². The smallest absolute Gasteiger partial charge is 0.160 e. The van der Waals surface area contributed by atoms with Crippen LogP contribution in [0.1, 0.15) is 11.3 Å². The number of aliphatic hydroxyl groups excluding tert-OH is 1. The van der Waals surface area contributed by atoms with Gasteiger partial charge in [0.2, 0.25) is 0 Å². The molecule has 0 aliphatic rings. The van der Waals surface area contributed by atoms with E-state index in [-0.39, 0.29) is 12.6 Å². The molecule has 0 spiro atoms. The van der Waals surface area contributed by atoms with Gasteiger partial charge < -0.3 is 15.7 Å². The molecule has 0 bridgehead atoms. The lowest BCUT2D eigenvalue weighted by Gasteiger charge is -2.10. The minimum atomic E-state index is -0.319. The fourth-order valence-electron chi connectivity index (χ4n) is 2.17. The minimum Gasteiger partial charge on any atom is -0.395 e. The largest absolute Gasteiger partial charge is 0.395 e. The van der Waals surface area contributed by atoms with Crippen LogP contribution in [0.2, 0.25) is 0 Å². The molecule has 0 saturated carbocycles. The fourth-order valence-corrected chi connectivity index (χ4v) is 2.17. The molecule has 0 saturated heterocycles. The van der Waals surface area contributed by atoms with Gasteiger partial charge in [-0.15, -0.1) is 0 Å². The second-order valence-corrected chi connectivity index (χ2v) is 5.49. The maximum absolute atomic E-state index is 9.22. The van der Waals surface area contributed by atoms with E-state index < -0.39 is 0 Å². The van der Waals surface area contributed by atoms with Crippen molar-refractivity contribution in [2.75, 3.05) is 20.7 Å². The number of nitrogens with two attached hydrogens (primary N) is 1. The predicted octanol–water partition coefficient (Wildman–Crippen LogP) is 1.26. The van der Waals surface area contributed by atoms with Gasteiger partial charge in [0.25, 0.3) is 0 Å². The molecule has 1 aromatic carbocycles. The van der Waals surface area contributed by atoms with Crippen LogP contribution in [-0.4, -0.2) is 52.9 Å². The molecule has 0 amide bonds. The van der Waals surface area contributed by atoms with E-state index in [2.05, 4.69) is 10.1 Å². The van der Waals surface area contributed by atoms with Gasteiger partial charge in [-0.25, -0.2) is 9.67 Å². The summed E-state index contributed by atoms with van der Waals surface area (Å²) in [5, 5.41) is 13.8. The number of rotatable bonds is 6. The zero-order valence-electron chi connectivity index (χ0n) is 13.3. The molecular weight excluding hydrogens is 278 g/mol. The van der Waals surface area contributed by atoms with E-state index in [9.17, 15) is 5.11 Å². The Morgan fingerprint density at radius 1 is 1.36 bits per heavy atom. The lowest BCUT2D eigenvalue weighted by atomic mass is 10.1. The summed E-state index contributed by atoms with van der Waals surface area (Å²) < 4.78 is 1.81. The van der Waals surface area contributed by atoms with E-state index in [0.29, 0.717) is 6.42 Å². The number of aliphatic imine (C=N–C) groups is 1. The number of aryl methyl sites for hydroxylation is 1. The first kappa shape index (κ1) is 16.2. The van der Waals surface area contributed by atoms with Gasteiger partial charge in [-0.05, 0) is 25.5 Å². The van der Waals surface area contributed by atoms with Crippen molar-refractivity contribution in [2.24, 2.45) is 10.7 Å². The Morgan fingerprint density at radius 3 is 2.64 bits per heavy atom. The number of nitrogens with zero attached hydrogens (tertiary/aromatic N) is 4. The monoisotopic (exact) mass is 301 g/mol. The Morgan fingerprint density at radius 2 is 2.05 bits per heavy atom. The second-order valence-electron chi connectivity index (χ2n) is 5.49. The molecule has 6 heteroatoms. The highest BCUT2D eigenvalue weighted by molar-refractivity contribution is 5.62. The number of aromatic nitrogens is 2. The number of hydrogen-bond acceptors (Lipinski definition) is 4. The molecule has 2 rings (SSSR count). The molecular formula is C16H23N5O. The van der Waals surface area contributed by atoms with Crippen LogP contribution in [0.15, 0.2) is 35.3 Å². The van der Waals surface area contributed by atoms with E-state index in [1.54, 1.807) is 6.34 Å². The molecule has 1 atom stereocenters. The Balaban J connectivity index is 2.51. The third-order valence-corrected chi connectivity index (χ3v) is 3.27. The zero-order valence-corrected chi connectivity index (χ0v) is 13.3. The van der Waals surface area contributed by atoms with Crippen LogP contribution in [0.25, 0.3) is 5.69 Å². The molecule has 1 unspecified atom stereocenters. The minimum absolute atomic E-state index is 0.0627. The molecule has 1 heterocycles. The standard InChI is InChI=1S/C16H23N5O/c1-12-15(9-13(17)10-22)16(18-11-20(2)3)21(19-12)14-7-5-4-6-8-14/h4-8,11,13,22H,9-10,17H2,1-3H3/b18-11+. The van der Waals surface area contributed by atoms with Crippen molar-refractivity contribution < 1.29 is 5.11 Å². The normalized spacial score (nSPS) is 12.8. The summed E-state index contributed by atoms with van der Waals surface area (Å²) in [5.41, 5.74) is 8.68. The van der Waals surface area contributed by atoms with Gasteiger partial charge in [0.05, 0.1) is 24.3 Å². The van der Waals surface area contributed by atoms with Crippen LogP contribution in [0.4, 0.5) is 5.82 Å². The van der Waals surface area contributed by atoms with Crippen molar-refractivity contribution in [3.05, 3.63) is 41.6 Å². The van der Waals surface area contributed by atoms with Crippen LogP contribution in [0.3, 0.4) is 0 Å². The van der Waals surface area contributed by atoms with Crippen LogP contribution < -0.4 is 5.73 Å². The van der Waals surface area contributed by atoms with Gasteiger partial charge in [-0.2, -0.15) is 5.10 Å². The van der Waals surface area contributed by atoms with E-state index in [1.165, 1.54) is 0 Å². The summed E-state index contributed by atoms with van der Waals surface area (Å²) in [6.45, 7) is 1.88. The topological polar surface area (TPSA) is 79.7 Å². The van der Waals surface area contributed by atoms with Gasteiger partial charge in [0, 0.05) is 25.7 Å². The molecule has 22 heavy (non-hydrogen) atoms. The molecule has 0 aliphatic carbocycles. The number of para-hydroxylation sites is 1. The first-order chi connectivity index (χ1) is 10.5. The predicted molar refractivity (Wildman–Crippen MR) is 88.9 cm³/mol. The molecule has 1 aromatic heterocycles. The summed E-state index contributed by atoms with van der Waals surface area (Å²) in [5.74, 6) is 0.751. The van der Waals surface area contributed by atoms with Crippen molar-refractivity contribution >= 4 is 12.2 Å². The van der Waals surface area contributed by atoms with Crippen molar-refractivity contribution in [1.82, 2.24) is 14.7 Å². The quantitative estimate of drug-likeness (QED) is 0.622. The molecule has 3 N–H and O–H groups in total. The Hall–Kier alpha value is -2.18. The SMILES string of the molecule is Cc1nn(-c2ccccc2)c(/N=C/N(C)C)c1CC(N)CO. The van der Waals surface area contributed by atoms with Crippen LogP contribution in [0.5, 0.6) is 0 Å². The van der Waals surface area contributed by atoms with E-state index in [4.69, 9.17) is 5.73 Å². The summed E-state index contributed by atoms with van der Waals surface area (Å²) >= 11 is 0. The average molecular weight is 301 g/mol. The molecule has 0 aliphatic heterocycles. The molecule has 0 fully saturated rings. The van der Waals surface area contributed by atoms with Gasteiger partial charge in [0.1, 0.15) is 0 Å². The summed E-state index contributed by atoms with van der Waals surface area (Å²) in [7, 11) is 3.83. The van der Waals surface area contributed by atoms with E-state index in [0.717, 1.165) is 22.8 Å². The maximum atomic E-state index is 9.22. The van der Waals surface area contributed by atoms with Gasteiger partial charge in [-0.1, -0.05) is 18.2 Å². The average Bonchev–Trinajstić information content (AvgIpc) is 2.82. The molecule has 6 nitrogen and oxygen atoms in total. The lowest BCUT2D eigenvalue weighted by molar-refractivity contribution is 0.265. The zero-order chi connectivity index (χ0) is 16.1. The lowest BCUT2D eigenvalue weighted by Crippen LogP contribution is -2.27. The summed E-state index contributed by atoms with van der Waals surface area (Å²) in [4.78, 5) is 6.42. The molecule has 2 aromatic rings. The third-order valence-electron chi connectivity index (χ3n) is 3.27. The summed E-state index contributed by atoms with van der Waals surface area (Å²) in [6.07, 6.45) is 2.28. The Kier molecular flexibility index (Phi) is 5.30. The van der Waals surface area contributed by atoms with Crippen LogP contribution in [0, 0.1) is 6.92 Å². The van der Waals surface area contributed by atoms with Gasteiger partial charge >= 0.3 is 0 Å². The van der Waals surface area contributed by atoms with Crippen LogP contribution in [-0.2, 0) is 6.42 Å². The van der Waals surface area contributed by atoms with Crippen LogP contribution >= 0.6 is 0 Å². The van der Waals surface area contributed by atoms with Crippen molar-refractivity contribution in [1.29, 1.82) is 0 Å². The summed E-state index contributed by atoms with van der Waals surface area (Å²) in [6, 6.07) is 9.54. The number of hydrogen-bond donors (Lipinski definition) is 2. The highest BCUT2D eigenvalue weighted by Gasteiger charge is 2.18. The van der Waals surface area contributed by atoms with Crippen molar-refractivity contribution in [3.8, 4) is 5.69 Å². The fraction of sp³-hybridized carbons (Fsp3) is 0.375. The van der Waals surface area contributed by atoms with Gasteiger partial charge in [0.15, 0.2) is 5.82 Å². The second kappa shape index (κ2) is 7.20. The third kappa shape index (κ3) is 3.72. The number of benzene rings is 1. The van der Waals surface area contributed by atoms with Crippen molar-refractivity contribution in [3.63, 3.8) is 0 Å². The Labute approximate surface area is 130 Å². The van der Waals surface area contributed by atoms with E-state index in [1.807, 2.05) is 60.9 Å². The Bertz CT molecular complexity index is 633.